The summed E-state index contributed by atoms with van der Waals surface area (Å²) < 4.78 is 0. The van der Waals surface area contributed by atoms with Crippen LogP contribution in [0.25, 0.3) is 5.57 Å². The third kappa shape index (κ3) is 3.62. The summed E-state index contributed by atoms with van der Waals surface area (Å²) in [6.07, 6.45) is 5.88. The minimum Gasteiger partial charge on any atom is -0.0837 e. The third-order valence-corrected chi connectivity index (χ3v) is 3.72. The molecule has 1 aromatic carbocycles. The van der Waals surface area contributed by atoms with Gasteiger partial charge in [-0.25, -0.2) is 0 Å². The van der Waals surface area contributed by atoms with Gasteiger partial charge >= 0.3 is 0 Å². The standard InChI is InChI=1S/C17H25Cl/c1-5-9-14(10-6-2)15(7-3)17-13(4)11-8-12-16(17)18/h8,11-12H,5-7,9-10H2,1-4H3. The van der Waals surface area contributed by atoms with Crippen LogP contribution in [0.3, 0.4) is 0 Å². The number of aryl methyl sites for hydroxylation is 1. The largest absolute Gasteiger partial charge is 0.0837 e. The lowest BCUT2D eigenvalue weighted by molar-refractivity contribution is 0.801. The number of hydrogen-bond acceptors (Lipinski definition) is 0. The van der Waals surface area contributed by atoms with Gasteiger partial charge in [0.1, 0.15) is 0 Å². The van der Waals surface area contributed by atoms with Gasteiger partial charge in [0.15, 0.2) is 0 Å². The van der Waals surface area contributed by atoms with Gasteiger partial charge in [0, 0.05) is 5.02 Å². The molecule has 0 aliphatic carbocycles. The van der Waals surface area contributed by atoms with Crippen molar-refractivity contribution in [1.29, 1.82) is 0 Å². The Kier molecular flexibility index (Phi) is 6.49. The quantitative estimate of drug-likeness (QED) is 0.557. The Hall–Kier alpha value is -0.750. The lowest BCUT2D eigenvalue weighted by Crippen LogP contribution is -1.96. The Morgan fingerprint density at radius 3 is 2.11 bits per heavy atom. The Balaban J connectivity index is 3.33. The average Bonchev–Trinajstić information content (AvgIpc) is 2.34. The van der Waals surface area contributed by atoms with Gasteiger partial charge in [-0.05, 0) is 49.0 Å². The summed E-state index contributed by atoms with van der Waals surface area (Å²) in [5.41, 5.74) is 5.64. The van der Waals surface area contributed by atoms with Crippen LogP contribution in [0.2, 0.25) is 5.02 Å². The summed E-state index contributed by atoms with van der Waals surface area (Å²) in [6, 6.07) is 6.20. The summed E-state index contributed by atoms with van der Waals surface area (Å²) in [5.74, 6) is 0. The minimum atomic E-state index is 0.900. The fourth-order valence-corrected chi connectivity index (χ4v) is 2.98. The van der Waals surface area contributed by atoms with Crippen molar-refractivity contribution in [2.75, 3.05) is 0 Å². The predicted molar refractivity (Wildman–Crippen MR) is 83.2 cm³/mol. The molecule has 0 saturated carbocycles. The summed E-state index contributed by atoms with van der Waals surface area (Å²) in [7, 11) is 0. The molecule has 0 heterocycles. The zero-order chi connectivity index (χ0) is 13.5. The summed E-state index contributed by atoms with van der Waals surface area (Å²) in [5, 5.41) is 0.900. The number of hydrogen-bond donors (Lipinski definition) is 0. The van der Waals surface area contributed by atoms with Gasteiger partial charge in [0.25, 0.3) is 0 Å². The summed E-state index contributed by atoms with van der Waals surface area (Å²) >= 11 is 6.41. The molecular weight excluding hydrogens is 240 g/mol. The molecule has 0 aliphatic rings. The smallest absolute Gasteiger partial charge is 0.0483 e. The van der Waals surface area contributed by atoms with Crippen molar-refractivity contribution in [3.63, 3.8) is 0 Å². The molecule has 0 spiro atoms. The molecule has 0 atom stereocenters. The van der Waals surface area contributed by atoms with E-state index in [0.717, 1.165) is 11.4 Å². The fraction of sp³-hybridized carbons (Fsp3) is 0.529. The summed E-state index contributed by atoms with van der Waals surface area (Å²) in [6.45, 7) is 8.90. The van der Waals surface area contributed by atoms with E-state index < -0.39 is 0 Å². The third-order valence-electron chi connectivity index (χ3n) is 3.41. The van der Waals surface area contributed by atoms with E-state index in [-0.39, 0.29) is 0 Å². The van der Waals surface area contributed by atoms with E-state index in [4.69, 9.17) is 11.6 Å². The predicted octanol–water partition coefficient (Wildman–Crippen LogP) is 6.41. The van der Waals surface area contributed by atoms with Crippen LogP contribution in [0.4, 0.5) is 0 Å². The fourth-order valence-electron chi connectivity index (χ4n) is 2.65. The number of allylic oxidation sites excluding steroid dienone is 2. The molecule has 0 nitrogen and oxygen atoms in total. The highest BCUT2D eigenvalue weighted by atomic mass is 35.5. The maximum Gasteiger partial charge on any atom is 0.0483 e. The molecule has 1 aromatic rings. The van der Waals surface area contributed by atoms with Crippen molar-refractivity contribution in [3.8, 4) is 0 Å². The molecular formula is C17H25Cl. The Labute approximate surface area is 117 Å². The van der Waals surface area contributed by atoms with E-state index in [1.807, 2.05) is 12.1 Å². The number of halogens is 1. The summed E-state index contributed by atoms with van der Waals surface area (Å²) in [4.78, 5) is 0. The van der Waals surface area contributed by atoms with Crippen molar-refractivity contribution >= 4 is 17.2 Å². The number of rotatable bonds is 6. The normalized spacial score (nSPS) is 10.5. The molecule has 0 saturated heterocycles. The van der Waals surface area contributed by atoms with Crippen molar-refractivity contribution < 1.29 is 0 Å². The van der Waals surface area contributed by atoms with Crippen LogP contribution in [-0.2, 0) is 0 Å². The van der Waals surface area contributed by atoms with Gasteiger partial charge < -0.3 is 0 Å². The van der Waals surface area contributed by atoms with Crippen LogP contribution in [0.1, 0.15) is 64.0 Å². The van der Waals surface area contributed by atoms with Crippen molar-refractivity contribution in [3.05, 3.63) is 39.9 Å². The highest BCUT2D eigenvalue weighted by molar-refractivity contribution is 6.32. The Morgan fingerprint density at radius 2 is 1.67 bits per heavy atom. The molecule has 0 radical (unpaired) electrons. The lowest BCUT2D eigenvalue weighted by Gasteiger charge is -2.17. The molecule has 0 amide bonds. The van der Waals surface area contributed by atoms with Crippen LogP contribution >= 0.6 is 11.6 Å². The van der Waals surface area contributed by atoms with E-state index in [0.29, 0.717) is 0 Å². The maximum absolute atomic E-state index is 6.41. The molecule has 1 rings (SSSR count). The second-order valence-corrected chi connectivity index (χ2v) is 5.27. The van der Waals surface area contributed by atoms with E-state index >= 15 is 0 Å². The van der Waals surface area contributed by atoms with E-state index in [2.05, 4.69) is 33.8 Å². The molecule has 1 heteroatoms. The molecule has 0 N–H and O–H groups in total. The second kappa shape index (κ2) is 7.63. The molecule has 18 heavy (non-hydrogen) atoms. The number of benzene rings is 1. The van der Waals surface area contributed by atoms with Crippen LogP contribution in [0.15, 0.2) is 23.8 Å². The first-order valence-electron chi connectivity index (χ1n) is 7.11. The van der Waals surface area contributed by atoms with E-state index in [1.54, 1.807) is 5.57 Å². The zero-order valence-electron chi connectivity index (χ0n) is 12.1. The van der Waals surface area contributed by atoms with Gasteiger partial charge in [-0.2, -0.15) is 0 Å². The topological polar surface area (TPSA) is 0 Å². The maximum atomic E-state index is 6.41. The molecule has 0 unspecified atom stereocenters. The molecule has 100 valence electrons. The SMILES string of the molecule is CCCC(CCC)=C(CC)c1c(C)cccc1Cl. The average molecular weight is 265 g/mol. The van der Waals surface area contributed by atoms with E-state index in [9.17, 15) is 0 Å². The molecule has 0 fully saturated rings. The van der Waals surface area contributed by atoms with Gasteiger partial charge in [0.2, 0.25) is 0 Å². The van der Waals surface area contributed by atoms with Gasteiger partial charge in [-0.3, -0.25) is 0 Å². The van der Waals surface area contributed by atoms with Gasteiger partial charge in [0.05, 0.1) is 0 Å². The van der Waals surface area contributed by atoms with Crippen molar-refractivity contribution in [2.24, 2.45) is 0 Å². The first-order valence-corrected chi connectivity index (χ1v) is 7.49. The first kappa shape index (κ1) is 15.3. The molecule has 0 aromatic heterocycles. The second-order valence-electron chi connectivity index (χ2n) is 4.87. The van der Waals surface area contributed by atoms with Crippen LogP contribution < -0.4 is 0 Å². The van der Waals surface area contributed by atoms with Gasteiger partial charge in [-0.1, -0.05) is 62.9 Å². The van der Waals surface area contributed by atoms with Crippen molar-refractivity contribution in [2.45, 2.75) is 59.8 Å². The van der Waals surface area contributed by atoms with Gasteiger partial charge in [-0.15, -0.1) is 0 Å². The zero-order valence-corrected chi connectivity index (χ0v) is 12.9. The molecule has 0 aliphatic heterocycles. The highest BCUT2D eigenvalue weighted by Gasteiger charge is 2.12. The highest BCUT2D eigenvalue weighted by Crippen LogP contribution is 2.34. The Morgan fingerprint density at radius 1 is 1.06 bits per heavy atom. The molecule has 0 bridgehead atoms. The Bertz CT molecular complexity index is 387. The van der Waals surface area contributed by atoms with Crippen LogP contribution in [0, 0.1) is 6.92 Å². The lowest BCUT2D eigenvalue weighted by atomic mass is 9.90. The minimum absolute atomic E-state index is 0.900. The van der Waals surface area contributed by atoms with E-state index in [1.165, 1.54) is 42.4 Å². The monoisotopic (exact) mass is 264 g/mol. The van der Waals surface area contributed by atoms with Crippen molar-refractivity contribution in [1.82, 2.24) is 0 Å². The van der Waals surface area contributed by atoms with Crippen LogP contribution in [0.5, 0.6) is 0 Å². The first-order chi connectivity index (χ1) is 8.65. The van der Waals surface area contributed by atoms with Crippen LogP contribution in [-0.4, -0.2) is 0 Å².